The molecular weight excluding hydrogens is 183 g/mol. The van der Waals surface area contributed by atoms with Crippen LogP contribution in [0.2, 0.25) is 0 Å². The number of halogens is 3. The van der Waals surface area contributed by atoms with Gasteiger partial charge in [-0.3, -0.25) is 10.4 Å². The van der Waals surface area contributed by atoms with E-state index in [9.17, 15) is 13.2 Å². The molecule has 2 rings (SSSR count). The normalized spacial score (nSPS) is 14.8. The minimum Gasteiger partial charge on any atom is -0.264 e. The zero-order valence-electron chi connectivity index (χ0n) is 6.26. The molecule has 68 valence electrons. The SMILES string of the molecule is FC(F)(F)c1ccncc1C1=NN1. The van der Waals surface area contributed by atoms with E-state index < -0.39 is 11.7 Å². The van der Waals surface area contributed by atoms with Crippen LogP contribution >= 0.6 is 0 Å². The number of pyridine rings is 1. The first-order chi connectivity index (χ1) is 6.09. The summed E-state index contributed by atoms with van der Waals surface area (Å²) in [5.41, 5.74) is 1.64. The van der Waals surface area contributed by atoms with E-state index in [0.717, 1.165) is 18.5 Å². The predicted octanol–water partition coefficient (Wildman–Crippen LogP) is 1.37. The van der Waals surface area contributed by atoms with Crippen molar-refractivity contribution in [1.82, 2.24) is 10.4 Å². The highest BCUT2D eigenvalue weighted by Gasteiger charge is 2.36. The van der Waals surface area contributed by atoms with Crippen LogP contribution in [0.5, 0.6) is 0 Å². The van der Waals surface area contributed by atoms with Gasteiger partial charge in [0.25, 0.3) is 0 Å². The van der Waals surface area contributed by atoms with Crippen molar-refractivity contribution in [3.05, 3.63) is 29.6 Å². The molecule has 0 saturated carbocycles. The number of amidine groups is 1. The third-order valence-electron chi connectivity index (χ3n) is 1.61. The molecule has 0 atom stereocenters. The Bertz CT molecular complexity index is 369. The molecular formula is C7H4F3N3. The van der Waals surface area contributed by atoms with Crippen LogP contribution < -0.4 is 5.43 Å². The smallest absolute Gasteiger partial charge is 0.264 e. The van der Waals surface area contributed by atoms with Crippen molar-refractivity contribution in [3.63, 3.8) is 0 Å². The van der Waals surface area contributed by atoms with Crippen LogP contribution in [0.4, 0.5) is 13.2 Å². The van der Waals surface area contributed by atoms with Gasteiger partial charge in [-0.1, -0.05) is 0 Å². The maximum absolute atomic E-state index is 12.3. The summed E-state index contributed by atoms with van der Waals surface area (Å²) in [6.07, 6.45) is -2.11. The van der Waals surface area contributed by atoms with Crippen LogP contribution in [0, 0.1) is 0 Å². The minimum absolute atomic E-state index is 0.00463. The molecule has 2 heterocycles. The van der Waals surface area contributed by atoms with Crippen LogP contribution in [-0.4, -0.2) is 10.8 Å². The number of alkyl halides is 3. The van der Waals surface area contributed by atoms with Crippen LogP contribution in [0.1, 0.15) is 11.1 Å². The standard InChI is InChI=1S/C7H4F3N3/c8-7(9,10)5-1-2-11-3-4(5)6-12-13-6/h1-3H,(H,12,13). The molecule has 1 aliphatic heterocycles. The minimum atomic E-state index is -4.36. The lowest BCUT2D eigenvalue weighted by atomic mass is 10.1. The molecule has 1 aromatic heterocycles. The van der Waals surface area contributed by atoms with Crippen molar-refractivity contribution in [2.24, 2.45) is 5.10 Å². The van der Waals surface area contributed by atoms with Gasteiger partial charge in [-0.25, -0.2) is 0 Å². The Morgan fingerprint density at radius 2 is 2.00 bits per heavy atom. The Kier molecular flexibility index (Phi) is 1.51. The topological polar surface area (TPSA) is 47.2 Å². The molecule has 0 unspecified atom stereocenters. The maximum atomic E-state index is 12.3. The van der Waals surface area contributed by atoms with Crippen LogP contribution in [0.25, 0.3) is 0 Å². The van der Waals surface area contributed by atoms with Gasteiger partial charge in [0.05, 0.1) is 11.1 Å². The first kappa shape index (κ1) is 8.03. The second-order valence-electron chi connectivity index (χ2n) is 2.49. The molecule has 0 saturated heterocycles. The maximum Gasteiger partial charge on any atom is 0.417 e. The van der Waals surface area contributed by atoms with Gasteiger partial charge in [-0.05, 0) is 6.07 Å². The van der Waals surface area contributed by atoms with E-state index in [2.05, 4.69) is 15.5 Å². The second kappa shape index (κ2) is 2.45. The summed E-state index contributed by atoms with van der Waals surface area (Å²) in [5, 5.41) is 3.47. The summed E-state index contributed by atoms with van der Waals surface area (Å²) >= 11 is 0. The highest BCUT2D eigenvalue weighted by atomic mass is 19.4. The Balaban J connectivity index is 2.49. The Morgan fingerprint density at radius 1 is 1.31 bits per heavy atom. The molecule has 3 nitrogen and oxygen atoms in total. The van der Waals surface area contributed by atoms with Gasteiger partial charge >= 0.3 is 6.18 Å². The van der Waals surface area contributed by atoms with Gasteiger partial charge in [0.1, 0.15) is 0 Å². The monoisotopic (exact) mass is 187 g/mol. The van der Waals surface area contributed by atoms with E-state index in [1.165, 1.54) is 0 Å². The van der Waals surface area contributed by atoms with Crippen LogP contribution in [0.3, 0.4) is 0 Å². The fourth-order valence-electron chi connectivity index (χ4n) is 0.979. The summed E-state index contributed by atoms with van der Waals surface area (Å²) in [6.45, 7) is 0. The van der Waals surface area contributed by atoms with Gasteiger partial charge in [-0.2, -0.15) is 18.3 Å². The summed E-state index contributed by atoms with van der Waals surface area (Å²) in [7, 11) is 0. The largest absolute Gasteiger partial charge is 0.417 e. The van der Waals surface area contributed by atoms with Gasteiger partial charge in [0.15, 0.2) is 5.84 Å². The second-order valence-corrected chi connectivity index (χ2v) is 2.49. The fraction of sp³-hybridized carbons (Fsp3) is 0.143. The third kappa shape index (κ3) is 1.47. The van der Waals surface area contributed by atoms with Crippen molar-refractivity contribution in [2.45, 2.75) is 6.18 Å². The molecule has 0 amide bonds. The van der Waals surface area contributed by atoms with Gasteiger partial charge in [0.2, 0.25) is 0 Å². The fourth-order valence-corrected chi connectivity index (χ4v) is 0.979. The average molecular weight is 187 g/mol. The van der Waals surface area contributed by atoms with E-state index in [4.69, 9.17) is 0 Å². The predicted molar refractivity (Wildman–Crippen MR) is 38.9 cm³/mol. The van der Waals surface area contributed by atoms with Crippen LogP contribution in [0.15, 0.2) is 23.6 Å². The van der Waals surface area contributed by atoms with Gasteiger partial charge in [-0.15, -0.1) is 0 Å². The molecule has 1 aromatic rings. The first-order valence-corrected chi connectivity index (χ1v) is 3.44. The van der Waals surface area contributed by atoms with Crippen molar-refractivity contribution in [3.8, 4) is 0 Å². The summed E-state index contributed by atoms with van der Waals surface area (Å²) in [6, 6.07) is 0.928. The van der Waals surface area contributed by atoms with Crippen molar-refractivity contribution >= 4 is 5.84 Å². The number of nitrogens with one attached hydrogen (secondary N) is 1. The molecule has 6 heteroatoms. The number of aromatic nitrogens is 1. The lowest BCUT2D eigenvalue weighted by Crippen LogP contribution is -2.12. The Hall–Kier alpha value is -1.59. The lowest BCUT2D eigenvalue weighted by molar-refractivity contribution is -0.137. The molecule has 0 aliphatic carbocycles. The number of nitrogens with zero attached hydrogens (tertiary/aromatic N) is 2. The summed E-state index contributed by atoms with van der Waals surface area (Å²) < 4.78 is 37.0. The molecule has 1 aliphatic rings. The Morgan fingerprint density at radius 3 is 2.54 bits per heavy atom. The lowest BCUT2D eigenvalue weighted by Gasteiger charge is -2.07. The zero-order chi connectivity index (χ0) is 9.47. The van der Waals surface area contributed by atoms with Crippen molar-refractivity contribution in [2.75, 3.05) is 0 Å². The average Bonchev–Trinajstić information content (AvgIpc) is 2.85. The quantitative estimate of drug-likeness (QED) is 0.721. The van der Waals surface area contributed by atoms with Crippen LogP contribution in [-0.2, 0) is 6.18 Å². The first-order valence-electron chi connectivity index (χ1n) is 3.44. The molecule has 0 aromatic carbocycles. The van der Waals surface area contributed by atoms with E-state index in [1.807, 2.05) is 0 Å². The highest BCUT2D eigenvalue weighted by Crippen LogP contribution is 2.32. The molecule has 1 N–H and O–H groups in total. The molecule has 0 radical (unpaired) electrons. The number of hydrazone groups is 1. The highest BCUT2D eigenvalue weighted by molar-refractivity contribution is 6.06. The number of hydrogen-bond donors (Lipinski definition) is 1. The number of hydrogen-bond acceptors (Lipinski definition) is 3. The molecule has 0 bridgehead atoms. The van der Waals surface area contributed by atoms with E-state index in [-0.39, 0.29) is 11.4 Å². The zero-order valence-corrected chi connectivity index (χ0v) is 6.26. The number of rotatable bonds is 1. The van der Waals surface area contributed by atoms with Gasteiger partial charge < -0.3 is 0 Å². The van der Waals surface area contributed by atoms with E-state index in [1.54, 1.807) is 0 Å². The molecule has 0 spiro atoms. The van der Waals surface area contributed by atoms with Gasteiger partial charge in [0, 0.05) is 12.4 Å². The third-order valence-corrected chi connectivity index (χ3v) is 1.61. The molecule has 13 heavy (non-hydrogen) atoms. The van der Waals surface area contributed by atoms with E-state index in [0.29, 0.717) is 0 Å². The molecule has 0 fully saturated rings. The van der Waals surface area contributed by atoms with Crippen molar-refractivity contribution in [1.29, 1.82) is 0 Å². The Labute approximate surface area is 71.3 Å². The summed E-state index contributed by atoms with van der Waals surface area (Å²) in [5.74, 6) is 0.237. The summed E-state index contributed by atoms with van der Waals surface area (Å²) in [4.78, 5) is 3.60. The van der Waals surface area contributed by atoms with Crippen molar-refractivity contribution < 1.29 is 13.2 Å². The van der Waals surface area contributed by atoms with E-state index >= 15 is 0 Å².